The zero-order valence-electron chi connectivity index (χ0n) is 17.8. The number of nitrogens with zero attached hydrogens (tertiary/aromatic N) is 2. The van der Waals surface area contributed by atoms with Crippen LogP contribution in [0.25, 0.3) is 0 Å². The second kappa shape index (κ2) is 9.89. The molecule has 0 bridgehead atoms. The highest BCUT2D eigenvalue weighted by Gasteiger charge is 2.27. The molecule has 8 N–H and O–H groups in total. The first kappa shape index (κ1) is 23.4. The number of amides is 1. The summed E-state index contributed by atoms with van der Waals surface area (Å²) in [6.07, 6.45) is -0.586. The molecule has 1 aliphatic heterocycles. The second-order valence-corrected chi connectivity index (χ2v) is 7.55. The summed E-state index contributed by atoms with van der Waals surface area (Å²) in [6, 6.07) is 5.03. The van der Waals surface area contributed by atoms with Gasteiger partial charge >= 0.3 is 11.9 Å². The fourth-order valence-electron chi connectivity index (χ4n) is 3.42. The normalized spacial score (nSPS) is 15.7. The maximum Gasteiger partial charge on any atom is 0.326 e. The molecule has 1 aromatic carbocycles. The zero-order chi connectivity index (χ0) is 24.1. The monoisotopic (exact) mass is 461 g/mol. The number of hydrogen-bond donors (Lipinski definition) is 7. The van der Waals surface area contributed by atoms with Crippen LogP contribution >= 0.6 is 0 Å². The van der Waals surface area contributed by atoms with Gasteiger partial charge in [0.2, 0.25) is 5.95 Å². The highest BCUT2D eigenvalue weighted by molar-refractivity contribution is 5.96. The third-order valence-corrected chi connectivity index (χ3v) is 5.26. The van der Waals surface area contributed by atoms with Gasteiger partial charge in [0.05, 0.1) is 6.04 Å². The number of nitrogens with one attached hydrogen (secondary N) is 4. The number of hydrogen-bond acceptors (Lipinski definition) is 9. The number of aromatic amines is 1. The summed E-state index contributed by atoms with van der Waals surface area (Å²) >= 11 is 0. The number of carbonyl (C=O) groups is 3. The summed E-state index contributed by atoms with van der Waals surface area (Å²) in [5, 5.41) is 26.6. The van der Waals surface area contributed by atoms with E-state index in [1.54, 1.807) is 19.2 Å². The third kappa shape index (κ3) is 5.70. The Balaban J connectivity index is 1.58. The molecule has 3 rings (SSSR count). The molecule has 1 amide bonds. The van der Waals surface area contributed by atoms with Crippen molar-refractivity contribution in [2.75, 3.05) is 41.4 Å². The number of aliphatic carboxylic acids is 2. The van der Waals surface area contributed by atoms with Crippen molar-refractivity contribution in [3.63, 3.8) is 0 Å². The molecule has 1 aromatic heterocycles. The molecule has 0 radical (unpaired) electrons. The van der Waals surface area contributed by atoms with E-state index in [-0.39, 0.29) is 36.0 Å². The SMILES string of the molecule is [14CH3]N1c2c(nc(N)[nH]c2=O)NCC1CNc1ccc(C(=O)N[C@@H](CCC(=O)O)C(=O)O)cc1. The zero-order valence-corrected chi connectivity index (χ0v) is 17.8. The Bertz CT molecular complexity index is 1100. The van der Waals surface area contributed by atoms with E-state index in [1.165, 1.54) is 12.1 Å². The van der Waals surface area contributed by atoms with Gasteiger partial charge in [0.15, 0.2) is 5.82 Å². The number of H-pyrrole nitrogens is 1. The van der Waals surface area contributed by atoms with E-state index < -0.39 is 23.9 Å². The van der Waals surface area contributed by atoms with Gasteiger partial charge in [0.25, 0.3) is 11.5 Å². The van der Waals surface area contributed by atoms with Gasteiger partial charge in [0, 0.05) is 37.8 Å². The predicted octanol–water partition coefficient (Wildman–Crippen LogP) is -0.258. The van der Waals surface area contributed by atoms with Gasteiger partial charge in [-0.05, 0) is 30.7 Å². The average molecular weight is 461 g/mol. The number of anilines is 4. The lowest BCUT2D eigenvalue weighted by atomic mass is 10.1. The van der Waals surface area contributed by atoms with Gasteiger partial charge in [-0.1, -0.05) is 0 Å². The molecule has 2 atom stereocenters. The van der Waals surface area contributed by atoms with E-state index in [0.29, 0.717) is 24.6 Å². The number of aromatic nitrogens is 2. The van der Waals surface area contributed by atoms with Gasteiger partial charge in [-0.15, -0.1) is 0 Å². The minimum Gasteiger partial charge on any atom is -0.481 e. The summed E-state index contributed by atoms with van der Waals surface area (Å²) in [5.41, 5.74) is 6.59. The standard InChI is InChI=1S/C20H25N7O6/c1-27-12(9-23-16-15(27)18(31)26-20(21)25-16)8-22-11-4-2-10(3-5-11)17(30)24-13(19(32)33)6-7-14(28)29/h2-5,12-13,22H,6-9H2,1H3,(H,24,30)(H,28,29)(H,32,33)(H4,21,23,25,26,31)/t12?,13-/m0/s1/i1+2. The Morgan fingerprint density at radius 2 is 1.97 bits per heavy atom. The van der Waals surface area contributed by atoms with E-state index in [9.17, 15) is 24.3 Å². The maximum absolute atomic E-state index is 12.3. The lowest BCUT2D eigenvalue weighted by Gasteiger charge is -2.35. The van der Waals surface area contributed by atoms with Crippen molar-refractivity contribution in [1.29, 1.82) is 0 Å². The minimum atomic E-state index is -1.30. The van der Waals surface area contributed by atoms with E-state index in [1.807, 2.05) is 4.90 Å². The fourth-order valence-corrected chi connectivity index (χ4v) is 3.42. The summed E-state index contributed by atoms with van der Waals surface area (Å²) in [5.74, 6) is -2.59. The Morgan fingerprint density at radius 1 is 1.27 bits per heavy atom. The van der Waals surface area contributed by atoms with Crippen LogP contribution < -0.4 is 32.1 Å². The van der Waals surface area contributed by atoms with Crippen LogP contribution in [0.5, 0.6) is 0 Å². The maximum atomic E-state index is 12.3. The van der Waals surface area contributed by atoms with Crippen LogP contribution in [0.2, 0.25) is 0 Å². The minimum absolute atomic E-state index is 0.0388. The van der Waals surface area contributed by atoms with Gasteiger partial charge in [-0.2, -0.15) is 4.98 Å². The largest absolute Gasteiger partial charge is 0.481 e. The van der Waals surface area contributed by atoms with Crippen molar-refractivity contribution in [2.45, 2.75) is 24.9 Å². The van der Waals surface area contributed by atoms with Crippen LogP contribution in [0.3, 0.4) is 0 Å². The molecule has 13 heteroatoms. The third-order valence-electron chi connectivity index (χ3n) is 5.26. The van der Waals surface area contributed by atoms with Crippen LogP contribution in [-0.2, 0) is 9.59 Å². The summed E-state index contributed by atoms with van der Waals surface area (Å²) in [4.78, 5) is 54.9. The smallest absolute Gasteiger partial charge is 0.326 e. The van der Waals surface area contributed by atoms with Crippen LogP contribution in [-0.4, -0.2) is 70.2 Å². The molecule has 1 unspecified atom stereocenters. The number of benzene rings is 1. The number of fused-ring (bicyclic) bond motifs is 1. The van der Waals surface area contributed by atoms with Crippen LogP contribution in [0.4, 0.5) is 23.1 Å². The lowest BCUT2D eigenvalue weighted by Crippen LogP contribution is -2.48. The first-order chi connectivity index (χ1) is 15.7. The number of rotatable bonds is 9. The average Bonchev–Trinajstić information content (AvgIpc) is 2.75. The second-order valence-electron chi connectivity index (χ2n) is 7.55. The van der Waals surface area contributed by atoms with Crippen molar-refractivity contribution in [2.24, 2.45) is 0 Å². The molecule has 33 heavy (non-hydrogen) atoms. The number of carboxylic acids is 2. The molecular formula is C20H25N7O6. The van der Waals surface area contributed by atoms with Crippen molar-refractivity contribution in [3.8, 4) is 0 Å². The van der Waals surface area contributed by atoms with E-state index >= 15 is 0 Å². The van der Waals surface area contributed by atoms with Crippen LogP contribution in [0.1, 0.15) is 23.2 Å². The van der Waals surface area contributed by atoms with Crippen molar-refractivity contribution < 1.29 is 24.6 Å². The summed E-state index contributed by atoms with van der Waals surface area (Å²) < 4.78 is 0. The number of nitrogens with two attached hydrogens (primary N) is 1. The Kier molecular flexibility index (Phi) is 7.00. The van der Waals surface area contributed by atoms with Crippen LogP contribution in [0.15, 0.2) is 29.1 Å². The summed E-state index contributed by atoms with van der Waals surface area (Å²) in [7, 11) is 1.79. The van der Waals surface area contributed by atoms with Gasteiger partial charge in [-0.25, -0.2) is 4.79 Å². The molecule has 2 heterocycles. The van der Waals surface area contributed by atoms with E-state index in [0.717, 1.165) is 5.69 Å². The van der Waals surface area contributed by atoms with E-state index in [4.69, 9.17) is 10.8 Å². The van der Waals surface area contributed by atoms with Crippen LogP contribution in [0, 0.1) is 0 Å². The quantitative estimate of drug-likeness (QED) is 0.259. The Morgan fingerprint density at radius 3 is 2.61 bits per heavy atom. The van der Waals surface area contributed by atoms with Crippen molar-refractivity contribution in [1.82, 2.24) is 15.3 Å². The van der Waals surface area contributed by atoms with Gasteiger partial charge < -0.3 is 36.8 Å². The Labute approximate surface area is 188 Å². The van der Waals surface area contributed by atoms with Crippen molar-refractivity contribution in [3.05, 3.63) is 40.2 Å². The predicted molar refractivity (Wildman–Crippen MR) is 121 cm³/mol. The topological polar surface area (TPSA) is 203 Å². The molecule has 1 aliphatic rings. The number of carbonyl (C=O) groups excluding carboxylic acids is 1. The number of nitrogen functional groups attached to an aromatic ring is 1. The molecule has 2 aromatic rings. The molecule has 0 aliphatic carbocycles. The molecular weight excluding hydrogens is 436 g/mol. The van der Waals surface area contributed by atoms with Gasteiger partial charge in [0.1, 0.15) is 11.7 Å². The van der Waals surface area contributed by atoms with Gasteiger partial charge in [-0.3, -0.25) is 19.4 Å². The molecule has 0 saturated heterocycles. The van der Waals surface area contributed by atoms with E-state index in [2.05, 4.69) is 25.9 Å². The first-order valence-corrected chi connectivity index (χ1v) is 10.1. The molecule has 176 valence electrons. The van der Waals surface area contributed by atoms with Crippen molar-refractivity contribution >= 4 is 41.0 Å². The number of carboxylic acid groups (broad SMARTS) is 2. The highest BCUT2D eigenvalue weighted by atomic mass is 16.4. The first-order valence-electron chi connectivity index (χ1n) is 10.1. The molecule has 0 saturated carbocycles. The highest BCUT2D eigenvalue weighted by Crippen LogP contribution is 2.25. The fraction of sp³-hybridized carbons (Fsp3) is 0.350. The molecule has 0 fully saturated rings. The summed E-state index contributed by atoms with van der Waals surface area (Å²) in [6.45, 7) is 1.01. The number of likely N-dealkylation sites (N-methyl/N-ethyl adjacent to an activating group) is 1. The lowest BCUT2D eigenvalue weighted by molar-refractivity contribution is -0.140. The Hall–Kier alpha value is -4.29. The molecule has 13 nitrogen and oxygen atoms in total. The molecule has 0 spiro atoms.